The summed E-state index contributed by atoms with van der Waals surface area (Å²) in [7, 11) is 0. The van der Waals surface area contributed by atoms with E-state index in [-0.39, 0.29) is 0 Å². The van der Waals surface area contributed by atoms with Crippen molar-refractivity contribution in [2.24, 2.45) is 11.8 Å². The van der Waals surface area contributed by atoms with Crippen LogP contribution in [0.1, 0.15) is 51.2 Å². The van der Waals surface area contributed by atoms with Gasteiger partial charge in [-0.1, -0.05) is 45.0 Å². The molecule has 0 amide bonds. The van der Waals surface area contributed by atoms with Gasteiger partial charge in [-0.3, -0.25) is 0 Å². The molecule has 0 aromatic heterocycles. The predicted octanol–water partition coefficient (Wildman–Crippen LogP) is 4.14. The van der Waals surface area contributed by atoms with Crippen molar-refractivity contribution >= 4 is 0 Å². The third-order valence-electron chi connectivity index (χ3n) is 4.29. The molecule has 1 N–H and O–H groups in total. The molecule has 1 aliphatic rings. The summed E-state index contributed by atoms with van der Waals surface area (Å²) in [6, 6.07) is 8.62. The summed E-state index contributed by atoms with van der Waals surface area (Å²) in [6.07, 6.45) is 4.25. The Morgan fingerprint density at radius 3 is 2.35 bits per heavy atom. The zero-order valence-electron chi connectivity index (χ0n) is 13.2. The molecule has 1 aromatic carbocycles. The molecule has 0 spiro atoms. The maximum atomic E-state index is 6.20. The predicted molar refractivity (Wildman–Crippen MR) is 84.6 cm³/mol. The average Bonchev–Trinajstić information content (AvgIpc) is 2.43. The lowest BCUT2D eigenvalue weighted by molar-refractivity contribution is -0.00942. The number of hydrogen-bond acceptors (Lipinski definition) is 2. The first-order valence-electron chi connectivity index (χ1n) is 8.08. The first kappa shape index (κ1) is 15.5. The molecule has 112 valence electrons. The Bertz CT molecular complexity index is 394. The largest absolute Gasteiger partial charge is 0.374 e. The Kier molecular flexibility index (Phi) is 6.06. The van der Waals surface area contributed by atoms with E-state index in [2.05, 4.69) is 50.4 Å². The molecule has 0 bridgehead atoms. The molecule has 1 fully saturated rings. The van der Waals surface area contributed by atoms with Crippen LogP contribution in [-0.4, -0.2) is 12.6 Å². The van der Waals surface area contributed by atoms with E-state index in [4.69, 9.17) is 4.74 Å². The van der Waals surface area contributed by atoms with Crippen molar-refractivity contribution in [1.29, 1.82) is 0 Å². The Balaban J connectivity index is 1.90. The Morgan fingerprint density at radius 2 is 1.70 bits per heavy atom. The second kappa shape index (κ2) is 7.80. The summed E-state index contributed by atoms with van der Waals surface area (Å²) in [5, 5.41) is 3.40. The minimum Gasteiger partial charge on any atom is -0.374 e. The standard InChI is InChI=1S/C18H29NO/c1-4-19-12-16-7-5-6-8-17(16)13-20-18-10-14(2)9-15(3)11-18/h5-8,14-15,18-19H,4,9-13H2,1-3H3. The first-order chi connectivity index (χ1) is 9.69. The van der Waals surface area contributed by atoms with Gasteiger partial charge in [0.15, 0.2) is 0 Å². The zero-order chi connectivity index (χ0) is 14.4. The van der Waals surface area contributed by atoms with Crippen LogP contribution in [0.15, 0.2) is 24.3 Å². The first-order valence-corrected chi connectivity index (χ1v) is 8.08. The third kappa shape index (κ3) is 4.60. The van der Waals surface area contributed by atoms with Crippen LogP contribution < -0.4 is 5.32 Å². The average molecular weight is 275 g/mol. The molecule has 0 radical (unpaired) electrons. The number of hydrogen-bond donors (Lipinski definition) is 1. The van der Waals surface area contributed by atoms with E-state index >= 15 is 0 Å². The summed E-state index contributed by atoms with van der Waals surface area (Å²) < 4.78 is 6.20. The number of rotatable bonds is 6. The normalized spacial score (nSPS) is 26.6. The monoisotopic (exact) mass is 275 g/mol. The molecule has 2 unspecified atom stereocenters. The van der Waals surface area contributed by atoms with Gasteiger partial charge in [0.05, 0.1) is 12.7 Å². The van der Waals surface area contributed by atoms with E-state index in [9.17, 15) is 0 Å². The van der Waals surface area contributed by atoms with Crippen molar-refractivity contribution in [2.45, 2.75) is 59.3 Å². The smallest absolute Gasteiger partial charge is 0.0723 e. The molecule has 20 heavy (non-hydrogen) atoms. The third-order valence-corrected chi connectivity index (χ3v) is 4.29. The highest BCUT2D eigenvalue weighted by Gasteiger charge is 2.24. The zero-order valence-corrected chi connectivity index (χ0v) is 13.2. The van der Waals surface area contributed by atoms with Crippen LogP contribution in [0.25, 0.3) is 0 Å². The van der Waals surface area contributed by atoms with Gasteiger partial charge in [-0.05, 0) is 48.8 Å². The van der Waals surface area contributed by atoms with Crippen molar-refractivity contribution in [2.75, 3.05) is 6.54 Å². The molecular formula is C18H29NO. The lowest BCUT2D eigenvalue weighted by atomic mass is 9.82. The molecular weight excluding hydrogens is 246 g/mol. The van der Waals surface area contributed by atoms with Crippen LogP contribution in [0.3, 0.4) is 0 Å². The van der Waals surface area contributed by atoms with Crippen molar-refractivity contribution < 1.29 is 4.74 Å². The molecule has 1 aliphatic carbocycles. The van der Waals surface area contributed by atoms with Crippen LogP contribution in [-0.2, 0) is 17.9 Å². The second-order valence-electron chi connectivity index (χ2n) is 6.40. The maximum Gasteiger partial charge on any atom is 0.0723 e. The molecule has 2 heteroatoms. The Labute approximate surface area is 123 Å². The van der Waals surface area contributed by atoms with E-state index in [1.54, 1.807) is 0 Å². The molecule has 0 heterocycles. The van der Waals surface area contributed by atoms with Crippen LogP contribution in [0.4, 0.5) is 0 Å². The molecule has 1 saturated carbocycles. The maximum absolute atomic E-state index is 6.20. The van der Waals surface area contributed by atoms with Gasteiger partial charge in [-0.15, -0.1) is 0 Å². The Hall–Kier alpha value is -0.860. The fourth-order valence-electron chi connectivity index (χ4n) is 3.35. The second-order valence-corrected chi connectivity index (χ2v) is 6.40. The molecule has 0 aliphatic heterocycles. The van der Waals surface area contributed by atoms with E-state index in [0.717, 1.165) is 31.5 Å². The fourth-order valence-corrected chi connectivity index (χ4v) is 3.35. The number of ether oxygens (including phenoxy) is 1. The van der Waals surface area contributed by atoms with Crippen molar-refractivity contribution in [3.63, 3.8) is 0 Å². The van der Waals surface area contributed by atoms with Crippen molar-refractivity contribution in [1.82, 2.24) is 5.32 Å². The summed E-state index contributed by atoms with van der Waals surface area (Å²) in [5.74, 6) is 1.61. The van der Waals surface area contributed by atoms with Gasteiger partial charge < -0.3 is 10.1 Å². The van der Waals surface area contributed by atoms with Crippen LogP contribution >= 0.6 is 0 Å². The van der Waals surface area contributed by atoms with Gasteiger partial charge in [0.2, 0.25) is 0 Å². The lowest BCUT2D eigenvalue weighted by Gasteiger charge is -2.31. The van der Waals surface area contributed by atoms with Crippen LogP contribution in [0, 0.1) is 11.8 Å². The summed E-state index contributed by atoms with van der Waals surface area (Å²) >= 11 is 0. The topological polar surface area (TPSA) is 21.3 Å². The summed E-state index contributed by atoms with van der Waals surface area (Å²) in [4.78, 5) is 0. The van der Waals surface area contributed by atoms with E-state index in [1.807, 2.05) is 0 Å². The highest BCUT2D eigenvalue weighted by atomic mass is 16.5. The van der Waals surface area contributed by atoms with E-state index < -0.39 is 0 Å². The van der Waals surface area contributed by atoms with E-state index in [1.165, 1.54) is 30.4 Å². The molecule has 1 aromatic rings. The number of nitrogens with one attached hydrogen (secondary N) is 1. The van der Waals surface area contributed by atoms with Gasteiger partial charge >= 0.3 is 0 Å². The molecule has 2 nitrogen and oxygen atoms in total. The highest BCUT2D eigenvalue weighted by Crippen LogP contribution is 2.30. The fraction of sp³-hybridized carbons (Fsp3) is 0.667. The molecule has 2 rings (SSSR count). The minimum atomic E-state index is 0.445. The SMILES string of the molecule is CCNCc1ccccc1COC1CC(C)CC(C)C1. The van der Waals surface area contributed by atoms with Crippen LogP contribution in [0.5, 0.6) is 0 Å². The Morgan fingerprint density at radius 1 is 1.05 bits per heavy atom. The van der Waals surface area contributed by atoms with Gasteiger partial charge in [-0.25, -0.2) is 0 Å². The highest BCUT2D eigenvalue weighted by molar-refractivity contribution is 5.26. The van der Waals surface area contributed by atoms with Gasteiger partial charge in [-0.2, -0.15) is 0 Å². The molecule has 0 saturated heterocycles. The quantitative estimate of drug-likeness (QED) is 0.842. The van der Waals surface area contributed by atoms with Gasteiger partial charge in [0.25, 0.3) is 0 Å². The van der Waals surface area contributed by atoms with Crippen LogP contribution in [0.2, 0.25) is 0 Å². The van der Waals surface area contributed by atoms with Crippen molar-refractivity contribution in [3.8, 4) is 0 Å². The summed E-state index contributed by atoms with van der Waals surface area (Å²) in [5.41, 5.74) is 2.70. The lowest BCUT2D eigenvalue weighted by Crippen LogP contribution is -2.26. The summed E-state index contributed by atoms with van der Waals surface area (Å²) in [6.45, 7) is 9.55. The van der Waals surface area contributed by atoms with Gasteiger partial charge in [0.1, 0.15) is 0 Å². The minimum absolute atomic E-state index is 0.445. The van der Waals surface area contributed by atoms with E-state index in [0.29, 0.717) is 6.10 Å². The number of benzene rings is 1. The molecule has 2 atom stereocenters. The van der Waals surface area contributed by atoms with Gasteiger partial charge in [0, 0.05) is 6.54 Å². The van der Waals surface area contributed by atoms with Crippen molar-refractivity contribution in [3.05, 3.63) is 35.4 Å².